The molecule has 3 aromatic rings. The van der Waals surface area contributed by atoms with E-state index < -0.39 is 0 Å². The first-order chi connectivity index (χ1) is 11.9. The van der Waals surface area contributed by atoms with Crippen molar-refractivity contribution in [1.82, 2.24) is 14.3 Å². The molecule has 2 aromatic heterocycles. The van der Waals surface area contributed by atoms with E-state index in [1.54, 1.807) is 14.2 Å². The van der Waals surface area contributed by atoms with E-state index in [9.17, 15) is 9.59 Å². The molecule has 130 valence electrons. The second kappa shape index (κ2) is 6.68. The Hall–Kier alpha value is -2.67. The minimum Gasteiger partial charge on any atom is -0.497 e. The van der Waals surface area contributed by atoms with Gasteiger partial charge in [-0.3, -0.25) is 14.0 Å². The highest BCUT2D eigenvalue weighted by Crippen LogP contribution is 2.19. The van der Waals surface area contributed by atoms with Crippen LogP contribution in [0.1, 0.15) is 26.5 Å². The number of aromatic nitrogens is 2. The third-order valence-corrected chi connectivity index (χ3v) is 5.25. The molecule has 0 aliphatic rings. The zero-order chi connectivity index (χ0) is 18.1. The molecule has 0 spiro atoms. The van der Waals surface area contributed by atoms with Gasteiger partial charge in [-0.2, -0.15) is 0 Å². The van der Waals surface area contributed by atoms with Gasteiger partial charge in [0.05, 0.1) is 7.11 Å². The standard InChI is InChI=1S/C18H19N3O3S/c1-11-12(2)25-18-19-9-15(17(23)21(11)18)16(22)20(3)10-13-5-7-14(24-4)8-6-13/h5-9H,10H2,1-4H3. The average Bonchev–Trinajstić information content (AvgIpc) is 2.90. The molecule has 1 aromatic carbocycles. The van der Waals surface area contributed by atoms with Gasteiger partial charge >= 0.3 is 0 Å². The number of hydrogen-bond acceptors (Lipinski definition) is 5. The molecule has 0 bridgehead atoms. The van der Waals surface area contributed by atoms with Crippen LogP contribution in [0.2, 0.25) is 0 Å². The van der Waals surface area contributed by atoms with Crippen LogP contribution >= 0.6 is 11.3 Å². The predicted octanol–water partition coefficient (Wildman–Crippen LogP) is 2.65. The molecule has 0 saturated carbocycles. The van der Waals surface area contributed by atoms with Crippen LogP contribution in [-0.2, 0) is 6.54 Å². The van der Waals surface area contributed by atoms with Gasteiger partial charge in [0.2, 0.25) is 0 Å². The molecule has 2 heterocycles. The maximum absolute atomic E-state index is 12.7. The quantitative estimate of drug-likeness (QED) is 0.720. The number of fused-ring (bicyclic) bond motifs is 1. The van der Waals surface area contributed by atoms with Crippen LogP contribution in [0.5, 0.6) is 5.75 Å². The highest BCUT2D eigenvalue weighted by molar-refractivity contribution is 7.17. The van der Waals surface area contributed by atoms with E-state index in [0.29, 0.717) is 11.5 Å². The summed E-state index contributed by atoms with van der Waals surface area (Å²) in [4.78, 5) is 32.8. The molecule has 1 amide bonds. The molecule has 0 aliphatic heterocycles. The summed E-state index contributed by atoms with van der Waals surface area (Å²) in [7, 11) is 3.28. The molecule has 0 aliphatic carbocycles. The number of benzene rings is 1. The first-order valence-corrected chi connectivity index (χ1v) is 8.60. The Morgan fingerprint density at radius 3 is 2.60 bits per heavy atom. The largest absolute Gasteiger partial charge is 0.497 e. The van der Waals surface area contributed by atoms with E-state index in [-0.39, 0.29) is 17.0 Å². The van der Waals surface area contributed by atoms with E-state index in [4.69, 9.17) is 4.74 Å². The van der Waals surface area contributed by atoms with E-state index in [2.05, 4.69) is 4.98 Å². The molecule has 7 heteroatoms. The number of ether oxygens (including phenoxy) is 1. The summed E-state index contributed by atoms with van der Waals surface area (Å²) >= 11 is 1.44. The van der Waals surface area contributed by atoms with Crippen LogP contribution in [0, 0.1) is 13.8 Å². The van der Waals surface area contributed by atoms with Crippen LogP contribution in [-0.4, -0.2) is 34.3 Å². The average molecular weight is 357 g/mol. The number of thiazole rings is 1. The fraction of sp³-hybridized carbons (Fsp3) is 0.278. The number of carbonyl (C=O) groups is 1. The highest BCUT2D eigenvalue weighted by atomic mass is 32.1. The van der Waals surface area contributed by atoms with Gasteiger partial charge in [-0.25, -0.2) is 4.98 Å². The van der Waals surface area contributed by atoms with Crippen molar-refractivity contribution >= 4 is 22.2 Å². The molecular weight excluding hydrogens is 338 g/mol. The third-order valence-electron chi connectivity index (χ3n) is 4.17. The molecule has 0 atom stereocenters. The van der Waals surface area contributed by atoms with Gasteiger partial charge in [0.15, 0.2) is 4.96 Å². The lowest BCUT2D eigenvalue weighted by Crippen LogP contribution is -2.33. The summed E-state index contributed by atoms with van der Waals surface area (Å²) in [6.45, 7) is 4.19. The lowest BCUT2D eigenvalue weighted by atomic mass is 10.2. The van der Waals surface area contributed by atoms with Crippen molar-refractivity contribution in [3.63, 3.8) is 0 Å². The Morgan fingerprint density at radius 1 is 1.28 bits per heavy atom. The summed E-state index contributed by atoms with van der Waals surface area (Å²) in [5.41, 5.74) is 1.53. The molecule has 0 saturated heterocycles. The van der Waals surface area contributed by atoms with E-state index in [1.807, 2.05) is 38.1 Å². The number of hydrogen-bond donors (Lipinski definition) is 0. The smallest absolute Gasteiger partial charge is 0.271 e. The predicted molar refractivity (Wildman–Crippen MR) is 97.6 cm³/mol. The monoisotopic (exact) mass is 357 g/mol. The minimum atomic E-state index is -0.342. The first-order valence-electron chi connectivity index (χ1n) is 7.78. The molecule has 0 unspecified atom stereocenters. The fourth-order valence-electron chi connectivity index (χ4n) is 2.60. The fourth-order valence-corrected chi connectivity index (χ4v) is 3.53. The van der Waals surface area contributed by atoms with Crippen LogP contribution in [0.25, 0.3) is 4.96 Å². The van der Waals surface area contributed by atoms with Crippen molar-refractivity contribution in [3.8, 4) is 5.75 Å². The van der Waals surface area contributed by atoms with Gasteiger partial charge in [0, 0.05) is 30.4 Å². The van der Waals surface area contributed by atoms with Crippen molar-refractivity contribution in [2.24, 2.45) is 0 Å². The molecule has 0 N–H and O–H groups in total. The maximum Gasteiger partial charge on any atom is 0.271 e. The van der Waals surface area contributed by atoms with Crippen LogP contribution in [0.15, 0.2) is 35.3 Å². The summed E-state index contributed by atoms with van der Waals surface area (Å²) in [5.74, 6) is 0.417. The van der Waals surface area contributed by atoms with Crippen molar-refractivity contribution in [2.75, 3.05) is 14.2 Å². The molecule has 25 heavy (non-hydrogen) atoms. The third kappa shape index (κ3) is 3.15. The van der Waals surface area contributed by atoms with Gasteiger partial charge in [0.25, 0.3) is 11.5 Å². The summed E-state index contributed by atoms with van der Waals surface area (Å²) < 4.78 is 6.64. The van der Waals surface area contributed by atoms with E-state index in [0.717, 1.165) is 21.9 Å². The Morgan fingerprint density at radius 2 is 1.96 bits per heavy atom. The summed E-state index contributed by atoms with van der Waals surface area (Å²) in [6, 6.07) is 7.47. The summed E-state index contributed by atoms with van der Waals surface area (Å²) in [5, 5.41) is 0. The van der Waals surface area contributed by atoms with Crippen LogP contribution < -0.4 is 10.3 Å². The van der Waals surface area contributed by atoms with Gasteiger partial charge in [0.1, 0.15) is 11.3 Å². The van der Waals surface area contributed by atoms with Gasteiger partial charge in [-0.05, 0) is 31.5 Å². The number of aryl methyl sites for hydroxylation is 2. The number of amides is 1. The number of nitrogens with zero attached hydrogens (tertiary/aromatic N) is 3. The van der Waals surface area contributed by atoms with Crippen LogP contribution in [0.3, 0.4) is 0 Å². The minimum absolute atomic E-state index is 0.0782. The van der Waals surface area contributed by atoms with Crippen molar-refractivity contribution < 1.29 is 9.53 Å². The maximum atomic E-state index is 12.7. The molecule has 0 fully saturated rings. The topological polar surface area (TPSA) is 63.9 Å². The van der Waals surface area contributed by atoms with E-state index >= 15 is 0 Å². The lowest BCUT2D eigenvalue weighted by Gasteiger charge is -2.17. The van der Waals surface area contributed by atoms with Crippen LogP contribution in [0.4, 0.5) is 0 Å². The second-order valence-corrected chi connectivity index (χ2v) is 7.03. The second-order valence-electron chi connectivity index (χ2n) is 5.85. The van der Waals surface area contributed by atoms with E-state index in [1.165, 1.54) is 26.8 Å². The Bertz CT molecular complexity index is 989. The normalized spacial score (nSPS) is 10.9. The molecular formula is C18H19N3O3S. The zero-order valence-corrected chi connectivity index (χ0v) is 15.4. The first kappa shape index (κ1) is 17.2. The lowest BCUT2D eigenvalue weighted by molar-refractivity contribution is 0.0782. The van der Waals surface area contributed by atoms with Crippen molar-refractivity contribution in [2.45, 2.75) is 20.4 Å². The molecule has 3 rings (SSSR count). The zero-order valence-electron chi connectivity index (χ0n) is 14.6. The van der Waals surface area contributed by atoms with Gasteiger partial charge in [-0.15, -0.1) is 11.3 Å². The van der Waals surface area contributed by atoms with Crippen molar-refractivity contribution in [3.05, 3.63) is 62.5 Å². The SMILES string of the molecule is COc1ccc(CN(C)C(=O)c2cnc3sc(C)c(C)n3c2=O)cc1. The highest BCUT2D eigenvalue weighted by Gasteiger charge is 2.19. The van der Waals surface area contributed by atoms with Gasteiger partial charge in [-0.1, -0.05) is 12.1 Å². The summed E-state index contributed by atoms with van der Waals surface area (Å²) in [6.07, 6.45) is 1.37. The Labute approximate surface area is 149 Å². The number of carbonyl (C=O) groups excluding carboxylic acids is 1. The Balaban J connectivity index is 1.89. The molecule has 0 radical (unpaired) electrons. The number of rotatable bonds is 4. The van der Waals surface area contributed by atoms with Gasteiger partial charge < -0.3 is 9.64 Å². The van der Waals surface area contributed by atoms with Crippen molar-refractivity contribution in [1.29, 1.82) is 0 Å². The molecule has 6 nitrogen and oxygen atoms in total. The number of methoxy groups -OCH3 is 1. The Kier molecular flexibility index (Phi) is 4.59.